The van der Waals surface area contributed by atoms with E-state index in [2.05, 4.69) is 15.0 Å². The Kier molecular flexibility index (Phi) is 9.32. The second-order valence-electron chi connectivity index (χ2n) is 10.1. The Labute approximate surface area is 254 Å². The van der Waals surface area contributed by atoms with Gasteiger partial charge in [-0.25, -0.2) is 13.1 Å². The molecule has 0 unspecified atom stereocenters. The third-order valence-corrected chi connectivity index (χ3v) is 8.79. The van der Waals surface area contributed by atoms with E-state index in [1.807, 2.05) is 42.5 Å². The topological polar surface area (TPSA) is 140 Å². The Hall–Kier alpha value is -4.35. The lowest BCUT2D eigenvalue weighted by Gasteiger charge is -2.13. The summed E-state index contributed by atoms with van der Waals surface area (Å²) in [6, 6.07) is 24.6. The highest BCUT2D eigenvalue weighted by molar-refractivity contribution is 7.89. The standard InChI is InChI=1S/C32H30ClN5O4S/c33-27-10-9-22(31(20-27)24-5-2-8-29(18-24)38(39)40)6-3-12-35-14-15-37-43(41,42)32-19-25(23-4-1-7-28(34)17-23)16-26-21-36-13-11-30(26)32/h1-2,4-5,7-11,13,16-21,35,37H,3,6,12,14-15,34H2. The van der Waals surface area contributed by atoms with Gasteiger partial charge in [0.05, 0.1) is 9.82 Å². The van der Waals surface area contributed by atoms with E-state index in [-0.39, 0.29) is 17.1 Å². The van der Waals surface area contributed by atoms with Gasteiger partial charge in [-0.1, -0.05) is 41.9 Å². The smallest absolute Gasteiger partial charge is 0.270 e. The van der Waals surface area contributed by atoms with Crippen molar-refractivity contribution in [2.24, 2.45) is 0 Å². The number of benzene rings is 4. The molecule has 220 valence electrons. The molecule has 0 aliphatic carbocycles. The molecule has 1 aromatic heterocycles. The molecule has 0 saturated heterocycles. The highest BCUT2D eigenvalue weighted by Crippen LogP contribution is 2.32. The van der Waals surface area contributed by atoms with Crippen LogP contribution in [-0.4, -0.2) is 38.0 Å². The molecule has 9 nitrogen and oxygen atoms in total. The van der Waals surface area contributed by atoms with Crippen molar-refractivity contribution < 1.29 is 13.3 Å². The number of nitrogens with zero attached hydrogens (tertiary/aromatic N) is 2. The zero-order chi connectivity index (χ0) is 30.4. The van der Waals surface area contributed by atoms with E-state index in [1.165, 1.54) is 6.07 Å². The molecular formula is C32H30ClN5O4S. The first-order valence-corrected chi connectivity index (χ1v) is 15.5. The monoisotopic (exact) mass is 615 g/mol. The van der Waals surface area contributed by atoms with E-state index in [0.29, 0.717) is 41.0 Å². The van der Waals surface area contributed by atoms with Crippen molar-refractivity contribution in [3.63, 3.8) is 0 Å². The summed E-state index contributed by atoms with van der Waals surface area (Å²) in [4.78, 5) is 15.2. The molecule has 5 rings (SSSR count). The minimum Gasteiger partial charge on any atom is -0.399 e. The van der Waals surface area contributed by atoms with Gasteiger partial charge in [-0.3, -0.25) is 15.1 Å². The van der Waals surface area contributed by atoms with Crippen molar-refractivity contribution in [3.05, 3.63) is 118 Å². The van der Waals surface area contributed by atoms with Gasteiger partial charge in [0.15, 0.2) is 0 Å². The average molecular weight is 616 g/mol. The first-order valence-electron chi connectivity index (χ1n) is 13.7. The number of hydrogen-bond donors (Lipinski definition) is 3. The van der Waals surface area contributed by atoms with Crippen LogP contribution in [0.15, 0.2) is 102 Å². The van der Waals surface area contributed by atoms with E-state index < -0.39 is 14.9 Å². The lowest BCUT2D eigenvalue weighted by molar-refractivity contribution is -0.384. The number of aromatic nitrogens is 1. The van der Waals surface area contributed by atoms with E-state index in [4.69, 9.17) is 17.3 Å². The van der Waals surface area contributed by atoms with Gasteiger partial charge in [-0.2, -0.15) is 0 Å². The van der Waals surface area contributed by atoms with E-state index in [9.17, 15) is 18.5 Å². The number of nitrogens with two attached hydrogens (primary N) is 1. The highest BCUT2D eigenvalue weighted by Gasteiger charge is 2.19. The van der Waals surface area contributed by atoms with Crippen LogP contribution >= 0.6 is 11.6 Å². The first kappa shape index (κ1) is 30.1. The zero-order valence-corrected chi connectivity index (χ0v) is 24.7. The first-order chi connectivity index (χ1) is 20.7. The number of pyridine rings is 1. The van der Waals surface area contributed by atoms with Crippen LogP contribution in [-0.2, 0) is 16.4 Å². The molecule has 0 aliphatic heterocycles. The Bertz CT molecular complexity index is 1900. The van der Waals surface area contributed by atoms with Crippen molar-refractivity contribution in [1.82, 2.24) is 15.0 Å². The average Bonchev–Trinajstić information content (AvgIpc) is 3.00. The van der Waals surface area contributed by atoms with Crippen LogP contribution in [0, 0.1) is 10.1 Å². The van der Waals surface area contributed by atoms with Crippen LogP contribution in [0.5, 0.6) is 0 Å². The molecule has 0 fully saturated rings. The van der Waals surface area contributed by atoms with Crippen LogP contribution in [0.1, 0.15) is 12.0 Å². The lowest BCUT2D eigenvalue weighted by atomic mass is 9.96. The lowest BCUT2D eigenvalue weighted by Crippen LogP contribution is -2.32. The molecule has 4 aromatic carbocycles. The van der Waals surface area contributed by atoms with Crippen LogP contribution in [0.2, 0.25) is 5.02 Å². The van der Waals surface area contributed by atoms with Gasteiger partial charge in [0, 0.05) is 59.1 Å². The molecule has 0 spiro atoms. The Balaban J connectivity index is 1.20. The summed E-state index contributed by atoms with van der Waals surface area (Å²) in [7, 11) is -3.82. The number of non-ortho nitro benzene ring substituents is 1. The SMILES string of the molecule is Nc1cccc(-c2cc(S(=O)(=O)NCCNCCCc3ccc(Cl)cc3-c3cccc([N+](=O)[O-])c3)c3ccncc3c2)c1. The molecule has 0 amide bonds. The third kappa shape index (κ3) is 7.36. The number of fused-ring (bicyclic) bond motifs is 1. The molecule has 4 N–H and O–H groups in total. The molecule has 0 radical (unpaired) electrons. The summed E-state index contributed by atoms with van der Waals surface area (Å²) in [5.74, 6) is 0. The summed E-state index contributed by atoms with van der Waals surface area (Å²) in [5.41, 5.74) is 10.7. The summed E-state index contributed by atoms with van der Waals surface area (Å²) in [6.07, 6.45) is 4.71. The van der Waals surface area contributed by atoms with E-state index in [0.717, 1.165) is 34.2 Å². The van der Waals surface area contributed by atoms with Gasteiger partial charge in [0.25, 0.3) is 5.69 Å². The Morgan fingerprint density at radius 2 is 1.70 bits per heavy atom. The fraction of sp³-hybridized carbons (Fsp3) is 0.156. The van der Waals surface area contributed by atoms with Gasteiger partial charge < -0.3 is 11.1 Å². The number of nitrogen functional groups attached to an aromatic ring is 1. The number of rotatable bonds is 12. The molecule has 5 aromatic rings. The molecule has 0 aliphatic rings. The molecule has 43 heavy (non-hydrogen) atoms. The minimum atomic E-state index is -3.82. The number of sulfonamides is 1. The van der Waals surface area contributed by atoms with E-state index >= 15 is 0 Å². The summed E-state index contributed by atoms with van der Waals surface area (Å²) < 4.78 is 29.5. The van der Waals surface area contributed by atoms with Gasteiger partial charge in [0.1, 0.15) is 0 Å². The predicted octanol–water partition coefficient (Wildman–Crippen LogP) is 6.21. The maximum atomic E-state index is 13.4. The van der Waals surface area contributed by atoms with Gasteiger partial charge in [-0.05, 0) is 89.7 Å². The highest BCUT2D eigenvalue weighted by atomic mass is 35.5. The van der Waals surface area contributed by atoms with Crippen LogP contribution in [0.25, 0.3) is 33.0 Å². The second kappa shape index (κ2) is 13.3. The fourth-order valence-corrected chi connectivity index (χ4v) is 6.44. The van der Waals surface area contributed by atoms with Crippen LogP contribution in [0.3, 0.4) is 0 Å². The number of nitro groups is 1. The van der Waals surface area contributed by atoms with Crippen LogP contribution in [0.4, 0.5) is 11.4 Å². The fourth-order valence-electron chi connectivity index (χ4n) is 4.98. The summed E-state index contributed by atoms with van der Waals surface area (Å²) >= 11 is 6.24. The molecular weight excluding hydrogens is 586 g/mol. The maximum absolute atomic E-state index is 13.4. The quantitative estimate of drug-likeness (QED) is 0.0655. The number of nitrogens with one attached hydrogen (secondary N) is 2. The van der Waals surface area contributed by atoms with Crippen molar-refractivity contribution in [2.75, 3.05) is 25.4 Å². The maximum Gasteiger partial charge on any atom is 0.270 e. The van der Waals surface area contributed by atoms with Gasteiger partial charge in [-0.15, -0.1) is 0 Å². The molecule has 1 heterocycles. The number of anilines is 1. The van der Waals surface area contributed by atoms with Gasteiger partial charge >= 0.3 is 0 Å². The second-order valence-corrected chi connectivity index (χ2v) is 12.2. The van der Waals surface area contributed by atoms with Crippen molar-refractivity contribution in [2.45, 2.75) is 17.7 Å². The largest absolute Gasteiger partial charge is 0.399 e. The molecule has 0 atom stereocenters. The molecule has 11 heteroatoms. The zero-order valence-electron chi connectivity index (χ0n) is 23.2. The van der Waals surface area contributed by atoms with Crippen molar-refractivity contribution in [1.29, 1.82) is 0 Å². The minimum absolute atomic E-state index is 0.0219. The summed E-state index contributed by atoms with van der Waals surface area (Å²) in [5, 5.41) is 16.4. The Morgan fingerprint density at radius 1 is 0.884 bits per heavy atom. The number of nitro benzene ring substituents is 1. The molecule has 0 saturated carbocycles. The number of aryl methyl sites for hydroxylation is 1. The van der Waals surface area contributed by atoms with E-state index in [1.54, 1.807) is 48.8 Å². The number of hydrogen-bond acceptors (Lipinski definition) is 7. The normalized spacial score (nSPS) is 11.6. The van der Waals surface area contributed by atoms with Crippen LogP contribution < -0.4 is 15.8 Å². The predicted molar refractivity (Wildman–Crippen MR) is 172 cm³/mol. The van der Waals surface area contributed by atoms with Crippen molar-refractivity contribution >= 4 is 43.8 Å². The Morgan fingerprint density at radius 3 is 2.51 bits per heavy atom. The third-order valence-electron chi connectivity index (χ3n) is 7.06. The number of halogens is 1. The molecule has 0 bridgehead atoms. The van der Waals surface area contributed by atoms with Gasteiger partial charge in [0.2, 0.25) is 10.0 Å². The van der Waals surface area contributed by atoms with Crippen molar-refractivity contribution in [3.8, 4) is 22.3 Å². The summed E-state index contributed by atoms with van der Waals surface area (Å²) in [6.45, 7) is 1.29.